The quantitative estimate of drug-likeness (QED) is 0.633. The van der Waals surface area contributed by atoms with Crippen molar-refractivity contribution in [3.63, 3.8) is 0 Å². The number of furan rings is 1. The van der Waals surface area contributed by atoms with Gasteiger partial charge in [0.2, 0.25) is 5.91 Å². The molecule has 0 radical (unpaired) electrons. The van der Waals surface area contributed by atoms with Crippen LogP contribution in [-0.4, -0.2) is 45.8 Å². The number of H-pyrrole nitrogens is 1. The van der Waals surface area contributed by atoms with Crippen LogP contribution in [0.4, 0.5) is 0 Å². The first-order valence-electron chi connectivity index (χ1n) is 9.96. The SMILES string of the molecule is COc1ccccc1-n1c(C[C@@H]2CCCN(C(=O)/C=C/c3ccco3)C2)n[nH]c1=O. The van der Waals surface area contributed by atoms with E-state index >= 15 is 0 Å². The number of amides is 1. The average Bonchev–Trinajstić information content (AvgIpc) is 3.42. The molecule has 8 heteroatoms. The Bertz CT molecular complexity index is 1080. The van der Waals surface area contributed by atoms with Gasteiger partial charge in [0.15, 0.2) is 0 Å². The van der Waals surface area contributed by atoms with Gasteiger partial charge in [-0.15, -0.1) is 0 Å². The van der Waals surface area contributed by atoms with Gasteiger partial charge in [-0.05, 0) is 49.1 Å². The first-order valence-corrected chi connectivity index (χ1v) is 9.96. The van der Waals surface area contributed by atoms with Crippen LogP contribution in [0.1, 0.15) is 24.4 Å². The first-order chi connectivity index (χ1) is 14.7. The van der Waals surface area contributed by atoms with Gasteiger partial charge >= 0.3 is 5.69 Å². The van der Waals surface area contributed by atoms with Crippen LogP contribution < -0.4 is 10.4 Å². The summed E-state index contributed by atoms with van der Waals surface area (Å²) in [5.74, 6) is 2.05. The monoisotopic (exact) mass is 408 g/mol. The number of ether oxygens (including phenoxy) is 1. The number of aromatic nitrogens is 3. The van der Waals surface area contributed by atoms with Gasteiger partial charge in [0.1, 0.15) is 17.3 Å². The molecule has 0 unspecified atom stereocenters. The molecule has 8 nitrogen and oxygen atoms in total. The molecule has 156 valence electrons. The first kappa shape index (κ1) is 19.8. The predicted octanol–water partition coefficient (Wildman–Crippen LogP) is 2.66. The van der Waals surface area contributed by atoms with Crippen molar-refractivity contribution < 1.29 is 13.9 Å². The van der Waals surface area contributed by atoms with Crippen molar-refractivity contribution in [2.75, 3.05) is 20.2 Å². The van der Waals surface area contributed by atoms with E-state index in [2.05, 4.69) is 10.2 Å². The molecule has 0 bridgehead atoms. The number of carbonyl (C=O) groups is 1. The van der Waals surface area contributed by atoms with Gasteiger partial charge < -0.3 is 14.1 Å². The third-order valence-electron chi connectivity index (χ3n) is 5.30. The number of piperidine rings is 1. The van der Waals surface area contributed by atoms with E-state index in [4.69, 9.17) is 9.15 Å². The zero-order chi connectivity index (χ0) is 20.9. The van der Waals surface area contributed by atoms with Crippen molar-refractivity contribution in [1.82, 2.24) is 19.7 Å². The van der Waals surface area contributed by atoms with Crippen LogP contribution in [-0.2, 0) is 11.2 Å². The second-order valence-corrected chi connectivity index (χ2v) is 7.30. The van der Waals surface area contributed by atoms with Crippen LogP contribution in [0.3, 0.4) is 0 Å². The minimum Gasteiger partial charge on any atom is -0.495 e. The molecule has 0 spiro atoms. The number of likely N-dealkylation sites (tertiary alicyclic amines) is 1. The minimum atomic E-state index is -0.306. The molecule has 4 rings (SSSR count). The van der Waals surface area contributed by atoms with E-state index in [0.717, 1.165) is 19.4 Å². The summed E-state index contributed by atoms with van der Waals surface area (Å²) in [6.45, 7) is 1.34. The number of benzene rings is 1. The second kappa shape index (κ2) is 8.86. The van der Waals surface area contributed by atoms with Gasteiger partial charge in [0, 0.05) is 25.6 Å². The molecule has 3 aromatic rings. The molecule has 1 amide bonds. The van der Waals surface area contributed by atoms with Crippen molar-refractivity contribution in [3.05, 3.63) is 70.8 Å². The summed E-state index contributed by atoms with van der Waals surface area (Å²) < 4.78 is 12.2. The van der Waals surface area contributed by atoms with Gasteiger partial charge in [-0.2, -0.15) is 5.10 Å². The number of hydrogen-bond donors (Lipinski definition) is 1. The van der Waals surface area contributed by atoms with Crippen LogP contribution >= 0.6 is 0 Å². The van der Waals surface area contributed by atoms with E-state index in [0.29, 0.717) is 36.0 Å². The fraction of sp³-hybridized carbons (Fsp3) is 0.318. The number of rotatable bonds is 6. The van der Waals surface area contributed by atoms with E-state index in [1.807, 2.05) is 29.2 Å². The Balaban J connectivity index is 1.49. The van der Waals surface area contributed by atoms with Crippen LogP contribution in [0.15, 0.2) is 57.9 Å². The lowest BCUT2D eigenvalue weighted by atomic mass is 9.94. The summed E-state index contributed by atoms with van der Waals surface area (Å²) in [7, 11) is 1.57. The van der Waals surface area contributed by atoms with Crippen molar-refractivity contribution in [1.29, 1.82) is 0 Å². The second-order valence-electron chi connectivity index (χ2n) is 7.30. The van der Waals surface area contributed by atoms with E-state index in [9.17, 15) is 9.59 Å². The average molecular weight is 408 g/mol. The normalized spacial score (nSPS) is 16.8. The summed E-state index contributed by atoms with van der Waals surface area (Å²) in [5, 5.41) is 6.79. The predicted molar refractivity (Wildman–Crippen MR) is 111 cm³/mol. The number of hydrogen-bond acceptors (Lipinski definition) is 5. The third-order valence-corrected chi connectivity index (χ3v) is 5.30. The number of para-hydroxylation sites is 2. The highest BCUT2D eigenvalue weighted by atomic mass is 16.5. The van der Waals surface area contributed by atoms with Gasteiger partial charge in [0.25, 0.3) is 0 Å². The fourth-order valence-electron chi connectivity index (χ4n) is 3.86. The van der Waals surface area contributed by atoms with Gasteiger partial charge in [-0.1, -0.05) is 12.1 Å². The molecule has 0 aliphatic carbocycles. The highest BCUT2D eigenvalue weighted by Crippen LogP contribution is 2.25. The molecule has 3 heterocycles. The molecule has 0 saturated carbocycles. The largest absolute Gasteiger partial charge is 0.495 e. The summed E-state index contributed by atoms with van der Waals surface area (Å²) >= 11 is 0. The molecule has 1 fully saturated rings. The molecule has 1 aromatic carbocycles. The van der Waals surface area contributed by atoms with E-state index in [-0.39, 0.29) is 17.5 Å². The van der Waals surface area contributed by atoms with Gasteiger partial charge in [-0.3, -0.25) is 4.79 Å². The lowest BCUT2D eigenvalue weighted by molar-refractivity contribution is -0.127. The Morgan fingerprint density at radius 3 is 3.00 bits per heavy atom. The standard InChI is InChI=1S/C22H24N4O4/c1-29-19-9-3-2-8-18(19)26-20(23-24-22(26)28)14-16-6-4-12-25(15-16)21(27)11-10-17-7-5-13-30-17/h2-3,5,7-11,13,16H,4,6,12,14-15H2,1H3,(H,24,28)/b11-10+/t16-/m0/s1. The van der Waals surface area contributed by atoms with Crippen molar-refractivity contribution in [2.24, 2.45) is 5.92 Å². The van der Waals surface area contributed by atoms with E-state index in [1.54, 1.807) is 42.2 Å². The van der Waals surface area contributed by atoms with Crippen LogP contribution in [0.5, 0.6) is 5.75 Å². The number of carbonyl (C=O) groups excluding carboxylic acids is 1. The van der Waals surface area contributed by atoms with E-state index < -0.39 is 0 Å². The summed E-state index contributed by atoms with van der Waals surface area (Å²) in [6, 6.07) is 10.9. The Labute approximate surface area is 173 Å². The molecule has 1 aliphatic heterocycles. The summed E-state index contributed by atoms with van der Waals surface area (Å²) in [5.41, 5.74) is 0.346. The zero-order valence-electron chi connectivity index (χ0n) is 16.8. The molecule has 1 N–H and O–H groups in total. The fourth-order valence-corrected chi connectivity index (χ4v) is 3.86. The number of nitrogens with zero attached hydrogens (tertiary/aromatic N) is 3. The smallest absolute Gasteiger partial charge is 0.348 e. The molecular formula is C22H24N4O4. The maximum atomic E-state index is 12.6. The molecule has 30 heavy (non-hydrogen) atoms. The van der Waals surface area contributed by atoms with Gasteiger partial charge in [0.05, 0.1) is 19.1 Å². The summed E-state index contributed by atoms with van der Waals surface area (Å²) in [4.78, 5) is 26.8. The van der Waals surface area contributed by atoms with Crippen LogP contribution in [0, 0.1) is 5.92 Å². The Hall–Kier alpha value is -3.55. The highest BCUT2D eigenvalue weighted by Gasteiger charge is 2.25. The third kappa shape index (κ3) is 4.22. The minimum absolute atomic E-state index is 0.0414. The number of aromatic amines is 1. The van der Waals surface area contributed by atoms with Gasteiger partial charge in [-0.25, -0.2) is 14.5 Å². The zero-order valence-corrected chi connectivity index (χ0v) is 16.8. The molecule has 1 atom stereocenters. The summed E-state index contributed by atoms with van der Waals surface area (Å²) in [6.07, 6.45) is 7.27. The van der Waals surface area contributed by atoms with Crippen LogP contribution in [0.25, 0.3) is 11.8 Å². The Kier molecular flexibility index (Phi) is 5.83. The maximum absolute atomic E-state index is 12.6. The lowest BCUT2D eigenvalue weighted by Gasteiger charge is -2.32. The lowest BCUT2D eigenvalue weighted by Crippen LogP contribution is -2.40. The van der Waals surface area contributed by atoms with E-state index in [1.165, 1.54) is 0 Å². The number of nitrogens with one attached hydrogen (secondary N) is 1. The Morgan fingerprint density at radius 2 is 2.20 bits per heavy atom. The van der Waals surface area contributed by atoms with Crippen molar-refractivity contribution in [3.8, 4) is 11.4 Å². The van der Waals surface area contributed by atoms with Crippen molar-refractivity contribution >= 4 is 12.0 Å². The Morgan fingerprint density at radius 1 is 1.33 bits per heavy atom. The molecule has 2 aromatic heterocycles. The topological polar surface area (TPSA) is 93.4 Å². The molecule has 1 aliphatic rings. The highest BCUT2D eigenvalue weighted by molar-refractivity contribution is 5.91. The van der Waals surface area contributed by atoms with Crippen LogP contribution in [0.2, 0.25) is 0 Å². The maximum Gasteiger partial charge on any atom is 0.348 e. The van der Waals surface area contributed by atoms with Crippen molar-refractivity contribution in [2.45, 2.75) is 19.3 Å². The number of methoxy groups -OCH3 is 1. The molecular weight excluding hydrogens is 384 g/mol. The molecule has 1 saturated heterocycles.